The molecule has 4 nitrogen and oxygen atoms in total. The van der Waals surface area contributed by atoms with Gasteiger partial charge in [-0.25, -0.2) is 4.39 Å². The average molecular weight is 381 g/mol. The number of nitrogens with two attached hydrogens (primary N) is 1. The first kappa shape index (κ1) is 20.3. The zero-order valence-corrected chi connectivity index (χ0v) is 16.5. The average Bonchev–Trinajstić information content (AvgIpc) is 2.72. The van der Waals surface area contributed by atoms with Gasteiger partial charge >= 0.3 is 0 Å². The van der Waals surface area contributed by atoms with Crippen molar-refractivity contribution < 1.29 is 4.39 Å². The van der Waals surface area contributed by atoms with Gasteiger partial charge in [0.1, 0.15) is 5.82 Å². The van der Waals surface area contributed by atoms with Gasteiger partial charge in [0.05, 0.1) is 11.6 Å². The Morgan fingerprint density at radius 1 is 1.21 bits per heavy atom. The molecule has 1 heterocycles. The van der Waals surface area contributed by atoms with Crippen molar-refractivity contribution in [2.45, 2.75) is 44.8 Å². The molecule has 2 N–H and O–H groups in total. The number of anilines is 1. The van der Waals surface area contributed by atoms with Crippen LogP contribution in [-0.4, -0.2) is 36.6 Å². The molecule has 1 unspecified atom stereocenters. The lowest BCUT2D eigenvalue weighted by Gasteiger charge is -2.42. The summed E-state index contributed by atoms with van der Waals surface area (Å²) in [6, 6.07) is 17.6. The van der Waals surface area contributed by atoms with Crippen molar-refractivity contribution in [3.63, 3.8) is 0 Å². The van der Waals surface area contributed by atoms with Crippen molar-refractivity contribution in [3.8, 4) is 6.07 Å². The molecule has 0 amide bonds. The molecule has 0 radical (unpaired) electrons. The first-order chi connectivity index (χ1) is 13.6. The number of rotatable bonds is 7. The highest BCUT2D eigenvalue weighted by Crippen LogP contribution is 2.27. The van der Waals surface area contributed by atoms with Crippen LogP contribution < -0.4 is 10.6 Å². The molecule has 0 saturated carbocycles. The van der Waals surface area contributed by atoms with E-state index in [0.717, 1.165) is 50.1 Å². The molecular weight excluding hydrogens is 351 g/mol. The van der Waals surface area contributed by atoms with Crippen LogP contribution in [0.15, 0.2) is 48.5 Å². The number of nitrogens with zero attached hydrogens (tertiary/aromatic N) is 3. The fourth-order valence-electron chi connectivity index (χ4n) is 4.05. The number of halogens is 1. The van der Waals surface area contributed by atoms with Gasteiger partial charge in [-0.1, -0.05) is 12.1 Å². The van der Waals surface area contributed by atoms with E-state index in [1.54, 1.807) is 12.1 Å². The van der Waals surface area contributed by atoms with Crippen LogP contribution in [0.5, 0.6) is 0 Å². The molecule has 2 aromatic rings. The van der Waals surface area contributed by atoms with Crippen LogP contribution >= 0.6 is 0 Å². The molecule has 0 spiro atoms. The topological polar surface area (TPSA) is 56.3 Å². The Balaban J connectivity index is 1.77. The lowest BCUT2D eigenvalue weighted by molar-refractivity contribution is 0.154. The van der Waals surface area contributed by atoms with E-state index in [-0.39, 0.29) is 5.82 Å². The fourth-order valence-corrected chi connectivity index (χ4v) is 4.05. The molecule has 1 aliphatic heterocycles. The Kier molecular flexibility index (Phi) is 7.02. The van der Waals surface area contributed by atoms with Crippen LogP contribution in [0.4, 0.5) is 10.1 Å². The third kappa shape index (κ3) is 5.09. The number of nitriles is 1. The van der Waals surface area contributed by atoms with Crippen molar-refractivity contribution in [3.05, 3.63) is 65.5 Å². The van der Waals surface area contributed by atoms with Crippen LogP contribution in [0.2, 0.25) is 0 Å². The highest BCUT2D eigenvalue weighted by molar-refractivity contribution is 5.51. The largest absolute Gasteiger partial charge is 0.364 e. The predicted molar refractivity (Wildman–Crippen MR) is 111 cm³/mol. The molecule has 3 rings (SSSR count). The third-order valence-corrected chi connectivity index (χ3v) is 5.72. The Morgan fingerprint density at radius 3 is 2.54 bits per heavy atom. The van der Waals surface area contributed by atoms with Gasteiger partial charge in [-0.3, -0.25) is 0 Å². The molecule has 0 bridgehead atoms. The van der Waals surface area contributed by atoms with E-state index in [0.29, 0.717) is 24.2 Å². The number of likely N-dealkylation sites (tertiary alicyclic amines) is 1. The van der Waals surface area contributed by atoms with E-state index in [1.165, 1.54) is 6.07 Å². The number of hydrogen-bond donors (Lipinski definition) is 1. The van der Waals surface area contributed by atoms with Crippen LogP contribution in [0.25, 0.3) is 0 Å². The van der Waals surface area contributed by atoms with Gasteiger partial charge in [0.25, 0.3) is 0 Å². The Bertz CT molecular complexity index is 791. The van der Waals surface area contributed by atoms with Gasteiger partial charge in [0.2, 0.25) is 0 Å². The SMILES string of the molecule is CC(CCN)N1CCC(N(Cc2cccc(F)c2)c2ccc(C#N)cc2)CC1. The minimum atomic E-state index is -0.206. The molecule has 0 aromatic heterocycles. The van der Waals surface area contributed by atoms with Crippen molar-refractivity contribution in [2.75, 3.05) is 24.5 Å². The normalized spacial score (nSPS) is 16.5. The van der Waals surface area contributed by atoms with E-state index in [4.69, 9.17) is 11.0 Å². The van der Waals surface area contributed by atoms with Gasteiger partial charge < -0.3 is 15.5 Å². The zero-order chi connectivity index (χ0) is 19.9. The van der Waals surface area contributed by atoms with Gasteiger partial charge in [0.15, 0.2) is 0 Å². The van der Waals surface area contributed by atoms with E-state index < -0.39 is 0 Å². The zero-order valence-electron chi connectivity index (χ0n) is 16.5. The van der Waals surface area contributed by atoms with Crippen molar-refractivity contribution in [2.24, 2.45) is 5.73 Å². The van der Waals surface area contributed by atoms with Crippen LogP contribution in [0.1, 0.15) is 37.3 Å². The number of hydrogen-bond acceptors (Lipinski definition) is 4. The highest BCUT2D eigenvalue weighted by atomic mass is 19.1. The Labute approximate surface area is 167 Å². The maximum Gasteiger partial charge on any atom is 0.123 e. The second-order valence-corrected chi connectivity index (χ2v) is 7.61. The monoisotopic (exact) mass is 380 g/mol. The number of piperidine rings is 1. The van der Waals surface area contributed by atoms with Crippen LogP contribution in [-0.2, 0) is 6.54 Å². The van der Waals surface area contributed by atoms with Gasteiger partial charge in [0, 0.05) is 37.4 Å². The maximum atomic E-state index is 13.7. The summed E-state index contributed by atoms with van der Waals surface area (Å²) in [6.07, 6.45) is 3.14. The van der Waals surface area contributed by atoms with Crippen molar-refractivity contribution in [1.29, 1.82) is 5.26 Å². The highest BCUT2D eigenvalue weighted by Gasteiger charge is 2.27. The fraction of sp³-hybridized carbons (Fsp3) is 0.435. The molecular formula is C23H29FN4. The molecule has 1 atom stereocenters. The molecule has 1 aliphatic rings. The molecule has 28 heavy (non-hydrogen) atoms. The number of benzene rings is 2. The lowest BCUT2D eigenvalue weighted by Crippen LogP contribution is -2.47. The van der Waals surface area contributed by atoms with Gasteiger partial charge in [-0.2, -0.15) is 5.26 Å². The Hall–Kier alpha value is -2.42. The van der Waals surface area contributed by atoms with E-state index in [9.17, 15) is 4.39 Å². The van der Waals surface area contributed by atoms with Crippen LogP contribution in [0.3, 0.4) is 0 Å². The molecule has 0 aliphatic carbocycles. The minimum Gasteiger partial charge on any atom is -0.364 e. The minimum absolute atomic E-state index is 0.206. The van der Waals surface area contributed by atoms with Crippen molar-refractivity contribution in [1.82, 2.24) is 4.90 Å². The summed E-state index contributed by atoms with van der Waals surface area (Å²) in [7, 11) is 0. The van der Waals surface area contributed by atoms with E-state index in [1.807, 2.05) is 30.3 Å². The molecule has 1 fully saturated rings. The standard InChI is InChI=1S/C23H29FN4/c1-18(9-12-25)27-13-10-23(11-14-27)28(17-20-3-2-4-21(24)15-20)22-7-5-19(16-26)6-8-22/h2-8,15,18,23H,9-14,17,25H2,1H3. The van der Waals surface area contributed by atoms with E-state index >= 15 is 0 Å². The molecule has 148 valence electrons. The molecule has 5 heteroatoms. The summed E-state index contributed by atoms with van der Waals surface area (Å²) in [5.74, 6) is -0.206. The quantitative estimate of drug-likeness (QED) is 0.791. The summed E-state index contributed by atoms with van der Waals surface area (Å²) < 4.78 is 13.7. The summed E-state index contributed by atoms with van der Waals surface area (Å²) in [5.41, 5.74) is 8.42. The summed E-state index contributed by atoms with van der Waals surface area (Å²) in [5, 5.41) is 9.09. The maximum absolute atomic E-state index is 13.7. The molecule has 2 aromatic carbocycles. The van der Waals surface area contributed by atoms with E-state index in [2.05, 4.69) is 22.8 Å². The van der Waals surface area contributed by atoms with Gasteiger partial charge in [-0.15, -0.1) is 0 Å². The molecule has 1 saturated heterocycles. The second kappa shape index (κ2) is 9.68. The first-order valence-electron chi connectivity index (χ1n) is 10.1. The summed E-state index contributed by atoms with van der Waals surface area (Å²) in [6.45, 7) is 5.71. The summed E-state index contributed by atoms with van der Waals surface area (Å²) in [4.78, 5) is 4.88. The summed E-state index contributed by atoms with van der Waals surface area (Å²) >= 11 is 0. The second-order valence-electron chi connectivity index (χ2n) is 7.61. The van der Waals surface area contributed by atoms with Gasteiger partial charge in [-0.05, 0) is 74.7 Å². The predicted octanol–water partition coefficient (Wildman–Crippen LogP) is 3.91. The third-order valence-electron chi connectivity index (χ3n) is 5.72. The van der Waals surface area contributed by atoms with Crippen molar-refractivity contribution >= 4 is 5.69 Å². The first-order valence-corrected chi connectivity index (χ1v) is 10.1. The lowest BCUT2D eigenvalue weighted by atomic mass is 9.99. The smallest absolute Gasteiger partial charge is 0.123 e. The van der Waals surface area contributed by atoms with Crippen LogP contribution in [0, 0.1) is 17.1 Å². The Morgan fingerprint density at radius 2 is 1.93 bits per heavy atom.